The number of rotatable bonds is 4. The molecule has 1 fully saturated rings. The first-order valence-electron chi connectivity index (χ1n) is 6.20. The second-order valence-corrected chi connectivity index (χ2v) is 6.82. The third kappa shape index (κ3) is 3.13. The molecule has 0 aromatic heterocycles. The van der Waals surface area contributed by atoms with Gasteiger partial charge < -0.3 is 15.6 Å². The molecule has 1 heterocycles. The first kappa shape index (κ1) is 15.7. The molecule has 0 bridgehead atoms. The molecule has 1 saturated heterocycles. The summed E-state index contributed by atoms with van der Waals surface area (Å²) in [6, 6.07) is 4.66. The average molecular weight is 321 g/mol. The summed E-state index contributed by atoms with van der Waals surface area (Å²) in [5, 5.41) is 9.23. The van der Waals surface area contributed by atoms with Gasteiger partial charge >= 0.3 is 0 Å². The molecule has 1 unspecified atom stereocenters. The topological polar surface area (TPSA) is 92.9 Å². The lowest BCUT2D eigenvalue weighted by molar-refractivity contribution is -0.0304. The third-order valence-corrected chi connectivity index (χ3v) is 5.50. The molecule has 0 saturated carbocycles. The molecular weight excluding hydrogens is 304 g/mol. The highest BCUT2D eigenvalue weighted by Crippen LogP contribution is 2.26. The van der Waals surface area contributed by atoms with Gasteiger partial charge in [0.1, 0.15) is 4.90 Å². The second kappa shape index (κ2) is 6.38. The van der Waals surface area contributed by atoms with Gasteiger partial charge in [-0.05, 0) is 17.7 Å². The van der Waals surface area contributed by atoms with E-state index in [4.69, 9.17) is 27.2 Å². The van der Waals surface area contributed by atoms with E-state index < -0.39 is 16.1 Å². The first-order valence-corrected chi connectivity index (χ1v) is 8.02. The molecular formula is C12H17ClN2O4S. The van der Waals surface area contributed by atoms with Crippen LogP contribution in [0.5, 0.6) is 0 Å². The fourth-order valence-electron chi connectivity index (χ4n) is 2.04. The normalized spacial score (nSPS) is 21.1. The summed E-state index contributed by atoms with van der Waals surface area (Å²) < 4.78 is 31.6. The number of aliphatic hydroxyl groups excluding tert-OH is 1. The molecule has 20 heavy (non-hydrogen) atoms. The van der Waals surface area contributed by atoms with Crippen LogP contribution in [-0.4, -0.2) is 50.2 Å². The van der Waals surface area contributed by atoms with Crippen molar-refractivity contribution in [2.75, 3.05) is 26.3 Å². The summed E-state index contributed by atoms with van der Waals surface area (Å²) >= 11 is 6.04. The molecule has 2 rings (SSSR count). The Kier molecular flexibility index (Phi) is 5.00. The van der Waals surface area contributed by atoms with Crippen LogP contribution in [0.4, 0.5) is 0 Å². The number of sulfonamides is 1. The number of halogens is 1. The third-order valence-electron chi connectivity index (χ3n) is 3.15. The number of benzene rings is 1. The van der Waals surface area contributed by atoms with Crippen LogP contribution in [0.1, 0.15) is 5.56 Å². The summed E-state index contributed by atoms with van der Waals surface area (Å²) in [5.74, 6) is 0. The van der Waals surface area contributed by atoms with E-state index in [9.17, 15) is 8.42 Å². The molecule has 3 N–H and O–H groups in total. The minimum Gasteiger partial charge on any atom is -0.394 e. The van der Waals surface area contributed by atoms with E-state index >= 15 is 0 Å². The molecule has 8 heteroatoms. The van der Waals surface area contributed by atoms with Gasteiger partial charge in [-0.2, -0.15) is 4.31 Å². The maximum atomic E-state index is 12.5. The van der Waals surface area contributed by atoms with Crippen molar-refractivity contribution in [1.82, 2.24) is 4.31 Å². The summed E-state index contributed by atoms with van der Waals surface area (Å²) in [7, 11) is -3.69. The van der Waals surface area contributed by atoms with Crippen molar-refractivity contribution in [3.63, 3.8) is 0 Å². The van der Waals surface area contributed by atoms with Gasteiger partial charge in [0, 0.05) is 19.6 Å². The Hall–Kier alpha value is -0.700. The van der Waals surface area contributed by atoms with Crippen LogP contribution < -0.4 is 5.73 Å². The Morgan fingerprint density at radius 3 is 2.85 bits per heavy atom. The number of nitrogens with two attached hydrogens (primary N) is 1. The van der Waals surface area contributed by atoms with Crippen molar-refractivity contribution in [2.24, 2.45) is 5.73 Å². The Bertz CT molecular complexity index is 579. The highest BCUT2D eigenvalue weighted by Gasteiger charge is 2.31. The lowest BCUT2D eigenvalue weighted by Gasteiger charge is -2.31. The molecule has 0 radical (unpaired) electrons. The van der Waals surface area contributed by atoms with Gasteiger partial charge in [0.2, 0.25) is 10.0 Å². The van der Waals surface area contributed by atoms with Crippen LogP contribution in [0.3, 0.4) is 0 Å². The van der Waals surface area contributed by atoms with Crippen molar-refractivity contribution in [2.45, 2.75) is 17.5 Å². The number of hydrogen-bond acceptors (Lipinski definition) is 5. The van der Waals surface area contributed by atoms with E-state index in [1.807, 2.05) is 0 Å². The first-order chi connectivity index (χ1) is 9.48. The average Bonchev–Trinajstić information content (AvgIpc) is 2.46. The van der Waals surface area contributed by atoms with Gasteiger partial charge in [-0.15, -0.1) is 0 Å². The minimum absolute atomic E-state index is 0.0509. The second-order valence-electron chi connectivity index (χ2n) is 4.51. The predicted molar refractivity (Wildman–Crippen MR) is 74.9 cm³/mol. The van der Waals surface area contributed by atoms with Crippen LogP contribution in [0.15, 0.2) is 23.1 Å². The summed E-state index contributed by atoms with van der Waals surface area (Å²) in [5.41, 5.74) is 6.26. The van der Waals surface area contributed by atoms with Gasteiger partial charge in [-0.25, -0.2) is 8.42 Å². The van der Waals surface area contributed by atoms with Gasteiger partial charge in [-0.3, -0.25) is 0 Å². The van der Waals surface area contributed by atoms with E-state index in [1.54, 1.807) is 12.1 Å². The lowest BCUT2D eigenvalue weighted by atomic mass is 10.2. The number of morpholine rings is 1. The SMILES string of the molecule is NCc1ccc(S(=O)(=O)N2CCOC(CO)C2)c(Cl)c1. The van der Waals surface area contributed by atoms with E-state index in [0.717, 1.165) is 5.56 Å². The van der Waals surface area contributed by atoms with Crippen molar-refractivity contribution in [1.29, 1.82) is 0 Å². The molecule has 0 spiro atoms. The highest BCUT2D eigenvalue weighted by atomic mass is 35.5. The van der Waals surface area contributed by atoms with Crippen LogP contribution in [0.25, 0.3) is 0 Å². The molecule has 6 nitrogen and oxygen atoms in total. The standard InChI is InChI=1S/C12H17ClN2O4S/c13-11-5-9(6-14)1-2-12(11)20(17,18)15-3-4-19-10(7-15)8-16/h1-2,5,10,16H,3-4,6-8,14H2. The predicted octanol–water partition coefficient (Wildman–Crippen LogP) is 0.180. The maximum absolute atomic E-state index is 12.5. The van der Waals surface area contributed by atoms with Crippen LogP contribution in [0, 0.1) is 0 Å². The van der Waals surface area contributed by atoms with Gasteiger partial charge in [0.15, 0.2) is 0 Å². The van der Waals surface area contributed by atoms with Gasteiger partial charge in [0.25, 0.3) is 0 Å². The van der Waals surface area contributed by atoms with E-state index in [2.05, 4.69) is 0 Å². The van der Waals surface area contributed by atoms with Crippen molar-refractivity contribution in [3.8, 4) is 0 Å². The molecule has 112 valence electrons. The highest BCUT2D eigenvalue weighted by molar-refractivity contribution is 7.89. The van der Waals surface area contributed by atoms with E-state index in [1.165, 1.54) is 10.4 Å². The quantitative estimate of drug-likeness (QED) is 0.825. The molecule has 1 aliphatic rings. The van der Waals surface area contributed by atoms with Crippen LogP contribution in [-0.2, 0) is 21.3 Å². The largest absolute Gasteiger partial charge is 0.394 e. The zero-order valence-electron chi connectivity index (χ0n) is 10.8. The van der Waals surface area contributed by atoms with Gasteiger partial charge in [0.05, 0.1) is 24.3 Å². The number of nitrogens with zero attached hydrogens (tertiary/aromatic N) is 1. The summed E-state index contributed by atoms with van der Waals surface area (Å²) in [6.07, 6.45) is -0.499. The summed E-state index contributed by atoms with van der Waals surface area (Å²) in [6.45, 7) is 0.695. The Balaban J connectivity index is 2.30. The Morgan fingerprint density at radius 1 is 1.50 bits per heavy atom. The van der Waals surface area contributed by atoms with Crippen LogP contribution >= 0.6 is 11.6 Å². The molecule has 1 atom stereocenters. The summed E-state index contributed by atoms with van der Waals surface area (Å²) in [4.78, 5) is 0.0509. The molecule has 0 aliphatic carbocycles. The number of hydrogen-bond donors (Lipinski definition) is 2. The molecule has 1 aromatic carbocycles. The number of ether oxygens (including phenoxy) is 1. The zero-order valence-corrected chi connectivity index (χ0v) is 12.4. The van der Waals surface area contributed by atoms with Crippen molar-refractivity contribution < 1.29 is 18.3 Å². The molecule has 1 aromatic rings. The Morgan fingerprint density at radius 2 is 2.25 bits per heavy atom. The van der Waals surface area contributed by atoms with Gasteiger partial charge in [-0.1, -0.05) is 17.7 Å². The minimum atomic E-state index is -3.69. The molecule has 1 aliphatic heterocycles. The van der Waals surface area contributed by atoms with Crippen molar-refractivity contribution in [3.05, 3.63) is 28.8 Å². The van der Waals surface area contributed by atoms with Crippen LogP contribution in [0.2, 0.25) is 5.02 Å². The smallest absolute Gasteiger partial charge is 0.244 e. The fraction of sp³-hybridized carbons (Fsp3) is 0.500. The zero-order chi connectivity index (χ0) is 14.8. The Labute approximate surface area is 123 Å². The maximum Gasteiger partial charge on any atom is 0.244 e. The fourth-order valence-corrected chi connectivity index (χ4v) is 4.04. The number of aliphatic hydroxyl groups is 1. The van der Waals surface area contributed by atoms with E-state index in [0.29, 0.717) is 6.54 Å². The van der Waals surface area contributed by atoms with E-state index in [-0.39, 0.29) is 36.2 Å². The van der Waals surface area contributed by atoms with Crippen molar-refractivity contribution >= 4 is 21.6 Å². The molecule has 0 amide bonds. The lowest BCUT2D eigenvalue weighted by Crippen LogP contribution is -2.46. The monoisotopic (exact) mass is 320 g/mol.